The summed E-state index contributed by atoms with van der Waals surface area (Å²) in [5, 5.41) is 10.8. The molecule has 1 aliphatic heterocycles. The molecule has 24 heavy (non-hydrogen) atoms. The van der Waals surface area contributed by atoms with Crippen LogP contribution in [0.2, 0.25) is 0 Å². The van der Waals surface area contributed by atoms with Gasteiger partial charge in [-0.25, -0.2) is 4.68 Å². The number of carbonyl (C=O) groups is 2. The van der Waals surface area contributed by atoms with E-state index in [1.165, 1.54) is 0 Å². The number of carbonyl (C=O) groups excluding carboxylic acids is 2. The predicted octanol–water partition coefficient (Wildman–Crippen LogP) is 2.03. The van der Waals surface area contributed by atoms with Crippen molar-refractivity contribution in [2.45, 2.75) is 19.6 Å². The molecule has 120 valence electrons. The summed E-state index contributed by atoms with van der Waals surface area (Å²) in [5.41, 5.74) is 2.53. The molecule has 0 saturated carbocycles. The highest BCUT2D eigenvalue weighted by Crippen LogP contribution is 2.30. The Labute approximate surface area is 137 Å². The minimum atomic E-state index is -0.541. The van der Waals surface area contributed by atoms with Crippen LogP contribution < -0.4 is 10.1 Å². The summed E-state index contributed by atoms with van der Waals surface area (Å²) < 4.78 is 7.06. The number of nitrogens with zero attached hydrogens (tertiary/aromatic N) is 3. The number of rotatable bonds is 3. The van der Waals surface area contributed by atoms with E-state index in [0.717, 1.165) is 11.0 Å². The van der Waals surface area contributed by atoms with Crippen LogP contribution in [0.15, 0.2) is 42.5 Å². The Hall–Kier alpha value is -3.22. The second-order valence-electron chi connectivity index (χ2n) is 5.62. The molecule has 0 spiro atoms. The Morgan fingerprint density at radius 1 is 1.29 bits per heavy atom. The highest BCUT2D eigenvalue weighted by atomic mass is 16.5. The molecule has 1 amide bonds. The zero-order valence-corrected chi connectivity index (χ0v) is 12.9. The lowest BCUT2D eigenvalue weighted by Gasteiger charge is -2.23. The molecule has 0 unspecified atom stereocenters. The van der Waals surface area contributed by atoms with Gasteiger partial charge >= 0.3 is 0 Å². The van der Waals surface area contributed by atoms with Crippen molar-refractivity contribution < 1.29 is 14.3 Å². The summed E-state index contributed by atoms with van der Waals surface area (Å²) >= 11 is 0. The Morgan fingerprint density at radius 3 is 3.00 bits per heavy atom. The summed E-state index contributed by atoms with van der Waals surface area (Å²) in [5.74, 6) is 0.209. The minimum absolute atomic E-state index is 0.0739. The molecular formula is C17H14N4O3. The summed E-state index contributed by atoms with van der Waals surface area (Å²) in [6, 6.07) is 12.5. The first kappa shape index (κ1) is 14.4. The molecule has 0 radical (unpaired) electrons. The van der Waals surface area contributed by atoms with Crippen LogP contribution in [0.25, 0.3) is 11.0 Å². The number of benzene rings is 2. The number of hydrogen-bond acceptors (Lipinski definition) is 5. The molecule has 4 rings (SSSR count). The van der Waals surface area contributed by atoms with E-state index in [9.17, 15) is 9.59 Å². The van der Waals surface area contributed by atoms with Crippen molar-refractivity contribution in [2.75, 3.05) is 5.32 Å². The zero-order valence-electron chi connectivity index (χ0n) is 12.9. The molecule has 0 aliphatic carbocycles. The van der Waals surface area contributed by atoms with Crippen LogP contribution in [-0.2, 0) is 11.3 Å². The van der Waals surface area contributed by atoms with Crippen molar-refractivity contribution in [3.63, 3.8) is 0 Å². The van der Waals surface area contributed by atoms with Gasteiger partial charge in [0.2, 0.25) is 0 Å². The van der Waals surface area contributed by atoms with Gasteiger partial charge in [0.25, 0.3) is 5.91 Å². The fourth-order valence-electron chi connectivity index (χ4n) is 2.64. The number of nitrogens with one attached hydrogen (secondary N) is 1. The molecule has 0 bridgehead atoms. The quantitative estimate of drug-likeness (QED) is 0.746. The number of fused-ring (bicyclic) bond motifs is 2. The van der Waals surface area contributed by atoms with Gasteiger partial charge in [0, 0.05) is 5.56 Å². The number of hydrogen-bond donors (Lipinski definition) is 1. The number of aromatic nitrogens is 3. The predicted molar refractivity (Wildman–Crippen MR) is 87.0 cm³/mol. The molecule has 1 aromatic heterocycles. The van der Waals surface area contributed by atoms with E-state index >= 15 is 0 Å². The lowest BCUT2D eigenvalue weighted by Crippen LogP contribution is -2.34. The van der Waals surface area contributed by atoms with Crippen LogP contribution >= 0.6 is 0 Å². The number of para-hydroxylation sites is 1. The lowest BCUT2D eigenvalue weighted by atomic mass is 10.1. The second-order valence-corrected chi connectivity index (χ2v) is 5.62. The standard InChI is InChI=1S/C17H14N4O3/c1-10-17(23)18-13-8-11(6-7-16(13)24-10)15(22)9-21-14-5-3-2-4-12(14)19-20-21/h2-8,10H,9H2,1H3,(H,18,23)/t10-/m1/s1. The molecule has 2 aromatic carbocycles. The van der Waals surface area contributed by atoms with Crippen LogP contribution in [0.4, 0.5) is 5.69 Å². The first-order valence-corrected chi connectivity index (χ1v) is 7.55. The molecule has 1 aliphatic rings. The molecule has 3 aromatic rings. The summed E-state index contributed by atoms with van der Waals surface area (Å²) in [4.78, 5) is 24.2. The van der Waals surface area contributed by atoms with Crippen LogP contribution in [-0.4, -0.2) is 32.8 Å². The fourth-order valence-corrected chi connectivity index (χ4v) is 2.64. The highest BCUT2D eigenvalue weighted by molar-refractivity contribution is 6.01. The van der Waals surface area contributed by atoms with Gasteiger partial charge in [-0.3, -0.25) is 9.59 Å². The summed E-state index contributed by atoms with van der Waals surface area (Å²) in [6.07, 6.45) is -0.541. The summed E-state index contributed by atoms with van der Waals surface area (Å²) in [7, 11) is 0. The lowest BCUT2D eigenvalue weighted by molar-refractivity contribution is -0.122. The van der Waals surface area contributed by atoms with Gasteiger partial charge in [-0.15, -0.1) is 5.10 Å². The van der Waals surface area contributed by atoms with Gasteiger partial charge in [0.15, 0.2) is 11.9 Å². The van der Waals surface area contributed by atoms with Crippen LogP contribution in [0.1, 0.15) is 17.3 Å². The van der Waals surface area contributed by atoms with Gasteiger partial charge in [0.1, 0.15) is 17.8 Å². The van der Waals surface area contributed by atoms with E-state index in [-0.39, 0.29) is 18.2 Å². The van der Waals surface area contributed by atoms with E-state index in [1.54, 1.807) is 29.8 Å². The minimum Gasteiger partial charge on any atom is -0.479 e. The van der Waals surface area contributed by atoms with E-state index in [4.69, 9.17) is 4.74 Å². The summed E-state index contributed by atoms with van der Waals surface area (Å²) in [6.45, 7) is 1.75. The topological polar surface area (TPSA) is 86.1 Å². The number of anilines is 1. The average molecular weight is 322 g/mol. The van der Waals surface area contributed by atoms with E-state index < -0.39 is 6.10 Å². The maximum absolute atomic E-state index is 12.5. The number of amides is 1. The van der Waals surface area contributed by atoms with Crippen LogP contribution in [0.5, 0.6) is 5.75 Å². The molecule has 0 fully saturated rings. The maximum atomic E-state index is 12.5. The van der Waals surface area contributed by atoms with Crippen molar-refractivity contribution in [1.29, 1.82) is 0 Å². The molecule has 1 atom stereocenters. The Morgan fingerprint density at radius 2 is 2.12 bits per heavy atom. The second kappa shape index (κ2) is 5.45. The van der Waals surface area contributed by atoms with Gasteiger partial charge in [0.05, 0.1) is 11.2 Å². The highest BCUT2D eigenvalue weighted by Gasteiger charge is 2.24. The fraction of sp³-hybridized carbons (Fsp3) is 0.176. The van der Waals surface area contributed by atoms with Crippen LogP contribution in [0, 0.1) is 0 Å². The number of Topliss-reactive ketones (excluding diaryl/α,β-unsaturated/α-hetero) is 1. The van der Waals surface area contributed by atoms with Crippen LogP contribution in [0.3, 0.4) is 0 Å². The Kier molecular flexibility index (Phi) is 3.26. The first-order valence-electron chi connectivity index (χ1n) is 7.55. The third kappa shape index (κ3) is 2.40. The van der Waals surface area contributed by atoms with E-state index in [0.29, 0.717) is 17.0 Å². The van der Waals surface area contributed by atoms with Crippen molar-refractivity contribution in [3.8, 4) is 5.75 Å². The third-order valence-corrected chi connectivity index (χ3v) is 3.95. The SMILES string of the molecule is C[C@H]1Oc2ccc(C(=O)Cn3nnc4ccccc43)cc2NC1=O. The smallest absolute Gasteiger partial charge is 0.265 e. The average Bonchev–Trinajstić information content (AvgIpc) is 2.99. The van der Waals surface area contributed by atoms with E-state index in [2.05, 4.69) is 15.6 Å². The maximum Gasteiger partial charge on any atom is 0.265 e. The molecule has 1 N–H and O–H groups in total. The normalized spacial score (nSPS) is 16.4. The molecule has 2 heterocycles. The van der Waals surface area contributed by atoms with Crippen molar-refractivity contribution in [1.82, 2.24) is 15.0 Å². The largest absolute Gasteiger partial charge is 0.479 e. The Balaban J connectivity index is 1.61. The van der Waals surface area contributed by atoms with Gasteiger partial charge in [-0.2, -0.15) is 0 Å². The number of ether oxygens (including phenoxy) is 1. The van der Waals surface area contributed by atoms with Gasteiger partial charge in [-0.05, 0) is 37.3 Å². The monoisotopic (exact) mass is 322 g/mol. The number of ketones is 1. The van der Waals surface area contributed by atoms with Gasteiger partial charge < -0.3 is 10.1 Å². The van der Waals surface area contributed by atoms with Crippen molar-refractivity contribution in [2.24, 2.45) is 0 Å². The van der Waals surface area contributed by atoms with E-state index in [1.807, 2.05) is 24.3 Å². The molecule has 0 saturated heterocycles. The van der Waals surface area contributed by atoms with Gasteiger partial charge in [-0.1, -0.05) is 17.3 Å². The zero-order chi connectivity index (χ0) is 16.7. The Bertz CT molecular complexity index is 963. The molecule has 7 nitrogen and oxygen atoms in total. The van der Waals surface area contributed by atoms with Crippen molar-refractivity contribution >= 4 is 28.4 Å². The molecule has 7 heteroatoms. The van der Waals surface area contributed by atoms with Crippen molar-refractivity contribution in [3.05, 3.63) is 48.0 Å². The molecular weight excluding hydrogens is 308 g/mol. The first-order chi connectivity index (χ1) is 11.6. The third-order valence-electron chi connectivity index (χ3n) is 3.95.